The van der Waals surface area contributed by atoms with Crippen LogP contribution in [0.3, 0.4) is 0 Å². The Morgan fingerprint density at radius 2 is 1.62 bits per heavy atom. The van der Waals surface area contributed by atoms with Crippen molar-refractivity contribution in [2.24, 2.45) is 0 Å². The highest BCUT2D eigenvalue weighted by atomic mass is 35.5. The largest absolute Gasteiger partial charge is 0.302 e. The lowest BCUT2D eigenvalue weighted by Gasteiger charge is -2.09. The van der Waals surface area contributed by atoms with E-state index in [1.807, 2.05) is 42.5 Å². The topological polar surface area (TPSA) is 30.7 Å². The lowest BCUT2D eigenvalue weighted by atomic mass is 10.2. The second-order valence-electron chi connectivity index (χ2n) is 5.05. The molecule has 0 N–H and O–H groups in total. The smallest absolute Gasteiger partial charge is 0.191 e. The minimum absolute atomic E-state index is 0.636. The van der Waals surface area contributed by atoms with E-state index in [-0.39, 0.29) is 0 Å². The van der Waals surface area contributed by atoms with Gasteiger partial charge in [0.05, 0.1) is 0 Å². The van der Waals surface area contributed by atoms with E-state index in [4.69, 9.17) is 34.8 Å². The Hall–Kier alpha value is -1.20. The van der Waals surface area contributed by atoms with Gasteiger partial charge < -0.3 is 4.57 Å². The van der Waals surface area contributed by atoms with E-state index in [2.05, 4.69) is 21.7 Å². The van der Waals surface area contributed by atoms with Crippen LogP contribution in [0.25, 0.3) is 11.4 Å². The zero-order valence-corrected chi connectivity index (χ0v) is 15.9. The van der Waals surface area contributed by atoms with Crippen molar-refractivity contribution in [1.82, 2.24) is 14.8 Å². The van der Waals surface area contributed by atoms with Gasteiger partial charge >= 0.3 is 0 Å². The Labute approximate surface area is 160 Å². The zero-order valence-electron chi connectivity index (χ0n) is 12.8. The van der Waals surface area contributed by atoms with Gasteiger partial charge in [0.15, 0.2) is 11.0 Å². The minimum Gasteiger partial charge on any atom is -0.302 e. The van der Waals surface area contributed by atoms with Gasteiger partial charge in [-0.15, -0.1) is 10.2 Å². The van der Waals surface area contributed by atoms with E-state index in [9.17, 15) is 0 Å². The maximum absolute atomic E-state index is 6.23. The van der Waals surface area contributed by atoms with E-state index in [0.717, 1.165) is 28.7 Å². The van der Waals surface area contributed by atoms with Crippen LogP contribution >= 0.6 is 46.6 Å². The summed E-state index contributed by atoms with van der Waals surface area (Å²) in [5.41, 5.74) is 1.89. The summed E-state index contributed by atoms with van der Waals surface area (Å²) in [7, 11) is 0. The number of thioether (sulfide) groups is 1. The molecule has 3 nitrogen and oxygen atoms in total. The number of aromatic nitrogens is 3. The molecule has 24 heavy (non-hydrogen) atoms. The Balaban J connectivity index is 1.86. The van der Waals surface area contributed by atoms with Gasteiger partial charge in [-0.1, -0.05) is 52.6 Å². The third-order valence-corrected chi connectivity index (χ3v) is 5.50. The maximum Gasteiger partial charge on any atom is 0.191 e. The number of nitrogens with zero attached hydrogens (tertiary/aromatic N) is 3. The maximum atomic E-state index is 6.23. The summed E-state index contributed by atoms with van der Waals surface area (Å²) in [6.45, 7) is 2.83. The predicted molar refractivity (Wildman–Crippen MR) is 102 cm³/mol. The van der Waals surface area contributed by atoms with Crippen LogP contribution in [0.15, 0.2) is 47.6 Å². The Morgan fingerprint density at radius 3 is 2.25 bits per heavy atom. The molecule has 1 aromatic heterocycles. The molecule has 7 heteroatoms. The SMILES string of the molecule is CCn1c(SCc2c(Cl)cccc2Cl)nnc1-c1ccc(Cl)cc1. The van der Waals surface area contributed by atoms with Crippen LogP contribution in [-0.2, 0) is 12.3 Å². The van der Waals surface area contributed by atoms with Gasteiger partial charge in [0.25, 0.3) is 0 Å². The first-order valence-corrected chi connectivity index (χ1v) is 9.47. The number of halogens is 3. The average Bonchev–Trinajstić information content (AvgIpc) is 2.98. The first-order chi connectivity index (χ1) is 11.6. The molecule has 0 aliphatic rings. The Bertz CT molecular complexity index is 827. The van der Waals surface area contributed by atoms with Gasteiger partial charge in [0.2, 0.25) is 0 Å². The second kappa shape index (κ2) is 7.79. The fourth-order valence-electron chi connectivity index (χ4n) is 2.30. The molecule has 0 saturated carbocycles. The van der Waals surface area contributed by atoms with Gasteiger partial charge in [0, 0.05) is 32.9 Å². The molecule has 3 rings (SSSR count). The molecular formula is C17H14Cl3N3S. The lowest BCUT2D eigenvalue weighted by molar-refractivity contribution is 0.687. The minimum atomic E-state index is 0.636. The molecule has 0 atom stereocenters. The molecule has 1 heterocycles. The van der Waals surface area contributed by atoms with E-state index in [1.165, 1.54) is 0 Å². The highest BCUT2D eigenvalue weighted by Gasteiger charge is 2.14. The Kier molecular flexibility index (Phi) is 5.72. The van der Waals surface area contributed by atoms with E-state index >= 15 is 0 Å². The van der Waals surface area contributed by atoms with Crippen molar-refractivity contribution in [2.75, 3.05) is 0 Å². The van der Waals surface area contributed by atoms with Crippen molar-refractivity contribution in [3.05, 3.63) is 63.1 Å². The van der Waals surface area contributed by atoms with Crippen LogP contribution in [0.1, 0.15) is 12.5 Å². The molecule has 0 unspecified atom stereocenters. The molecule has 0 amide bonds. The molecular weight excluding hydrogens is 385 g/mol. The second-order valence-corrected chi connectivity index (χ2v) is 7.24. The van der Waals surface area contributed by atoms with Crippen molar-refractivity contribution in [1.29, 1.82) is 0 Å². The molecule has 0 radical (unpaired) electrons. The monoisotopic (exact) mass is 397 g/mol. The molecule has 0 aliphatic heterocycles. The first kappa shape index (κ1) is 17.6. The van der Waals surface area contributed by atoms with Crippen LogP contribution in [-0.4, -0.2) is 14.8 Å². The summed E-state index contributed by atoms with van der Waals surface area (Å²) in [6.07, 6.45) is 0. The molecule has 0 saturated heterocycles. The molecule has 124 valence electrons. The quantitative estimate of drug-likeness (QED) is 0.478. The van der Waals surface area contributed by atoms with Gasteiger partial charge in [-0.05, 0) is 48.9 Å². The summed E-state index contributed by atoms with van der Waals surface area (Å²) in [4.78, 5) is 0. The molecule has 2 aromatic carbocycles. The zero-order chi connectivity index (χ0) is 17.1. The molecule has 0 bridgehead atoms. The highest BCUT2D eigenvalue weighted by Crippen LogP contribution is 2.32. The third kappa shape index (κ3) is 3.72. The number of hydrogen-bond donors (Lipinski definition) is 0. The first-order valence-electron chi connectivity index (χ1n) is 7.35. The van der Waals surface area contributed by atoms with Crippen molar-refractivity contribution >= 4 is 46.6 Å². The predicted octanol–water partition coefficient (Wildman–Crippen LogP) is 6.22. The lowest BCUT2D eigenvalue weighted by Crippen LogP contribution is -2.00. The van der Waals surface area contributed by atoms with Crippen LogP contribution in [0.4, 0.5) is 0 Å². The third-order valence-electron chi connectivity index (χ3n) is 3.54. The number of benzene rings is 2. The summed E-state index contributed by atoms with van der Waals surface area (Å²) < 4.78 is 2.07. The fraction of sp³-hybridized carbons (Fsp3) is 0.176. The van der Waals surface area contributed by atoms with Crippen LogP contribution in [0.5, 0.6) is 0 Å². The number of hydrogen-bond acceptors (Lipinski definition) is 3. The van der Waals surface area contributed by atoms with Crippen molar-refractivity contribution in [2.45, 2.75) is 24.4 Å². The standard InChI is InChI=1S/C17H14Cl3N3S/c1-2-23-16(11-6-8-12(18)9-7-11)21-22-17(23)24-10-13-14(19)4-3-5-15(13)20/h3-9H,2,10H2,1H3. The van der Waals surface area contributed by atoms with Crippen molar-refractivity contribution in [3.8, 4) is 11.4 Å². The van der Waals surface area contributed by atoms with Crippen LogP contribution in [0, 0.1) is 0 Å². The van der Waals surface area contributed by atoms with Crippen LogP contribution in [0.2, 0.25) is 15.1 Å². The number of rotatable bonds is 5. The summed E-state index contributed by atoms with van der Waals surface area (Å²) in [5.74, 6) is 1.46. The summed E-state index contributed by atoms with van der Waals surface area (Å²) in [5, 5.41) is 11.5. The van der Waals surface area contributed by atoms with Gasteiger partial charge in [-0.25, -0.2) is 0 Å². The fourth-order valence-corrected chi connectivity index (χ4v) is 4.17. The normalized spacial score (nSPS) is 11.0. The van der Waals surface area contributed by atoms with Crippen molar-refractivity contribution in [3.63, 3.8) is 0 Å². The highest BCUT2D eigenvalue weighted by molar-refractivity contribution is 7.98. The van der Waals surface area contributed by atoms with Crippen LogP contribution < -0.4 is 0 Å². The summed E-state index contributed by atoms with van der Waals surface area (Å²) in [6, 6.07) is 13.1. The van der Waals surface area contributed by atoms with E-state index in [1.54, 1.807) is 11.8 Å². The molecule has 0 spiro atoms. The Morgan fingerprint density at radius 1 is 0.958 bits per heavy atom. The van der Waals surface area contributed by atoms with Gasteiger partial charge in [-0.2, -0.15) is 0 Å². The van der Waals surface area contributed by atoms with E-state index < -0.39 is 0 Å². The average molecular weight is 399 g/mol. The molecule has 0 fully saturated rings. The van der Waals surface area contributed by atoms with Crippen molar-refractivity contribution < 1.29 is 0 Å². The van der Waals surface area contributed by atoms with Gasteiger partial charge in [-0.3, -0.25) is 0 Å². The molecule has 0 aliphatic carbocycles. The molecule has 3 aromatic rings. The van der Waals surface area contributed by atoms with E-state index in [0.29, 0.717) is 20.8 Å². The summed E-state index contributed by atoms with van der Waals surface area (Å²) >= 11 is 20.0. The van der Waals surface area contributed by atoms with Gasteiger partial charge in [0.1, 0.15) is 0 Å².